The summed E-state index contributed by atoms with van der Waals surface area (Å²) in [6.45, 7) is 3.09. The van der Waals surface area contributed by atoms with Gasteiger partial charge in [0.1, 0.15) is 11.4 Å². The Balaban J connectivity index is 1.54. The molecule has 1 atom stereocenters. The maximum Gasteiger partial charge on any atom is 0.276 e. The molecular formula is C29H24F2N6O3. The summed E-state index contributed by atoms with van der Waals surface area (Å²) in [6.07, 6.45) is 3.84. The largest absolute Gasteiger partial charge is 0.396 e. The van der Waals surface area contributed by atoms with Crippen molar-refractivity contribution in [3.63, 3.8) is 0 Å². The minimum absolute atomic E-state index is 0.00978. The van der Waals surface area contributed by atoms with Crippen molar-refractivity contribution in [2.45, 2.75) is 13.3 Å². The molecule has 1 aliphatic rings. The van der Waals surface area contributed by atoms with Crippen LogP contribution in [0.1, 0.15) is 29.4 Å². The molecule has 0 saturated carbocycles. The van der Waals surface area contributed by atoms with Crippen LogP contribution < -0.4 is 15.8 Å². The molecule has 1 amide bonds. The molecule has 202 valence electrons. The summed E-state index contributed by atoms with van der Waals surface area (Å²) in [5.41, 5.74) is 0.742. The van der Waals surface area contributed by atoms with Gasteiger partial charge >= 0.3 is 0 Å². The normalized spacial score (nSPS) is 16.5. The van der Waals surface area contributed by atoms with Gasteiger partial charge in [-0.05, 0) is 48.4 Å². The highest BCUT2D eigenvalue weighted by Crippen LogP contribution is 2.39. The zero-order valence-electron chi connectivity index (χ0n) is 21.4. The number of carbonyl (C=O) groups is 1. The average Bonchev–Trinajstić information content (AvgIpc) is 3.36. The Kier molecular flexibility index (Phi) is 7.11. The van der Waals surface area contributed by atoms with Gasteiger partial charge < -0.3 is 15.3 Å². The molecule has 11 heteroatoms. The van der Waals surface area contributed by atoms with Crippen LogP contribution in [0.4, 0.5) is 20.2 Å². The number of nitriles is 1. The molecule has 2 aromatic heterocycles. The van der Waals surface area contributed by atoms with E-state index in [4.69, 9.17) is 0 Å². The number of anilines is 2. The second kappa shape index (κ2) is 10.7. The number of benzene rings is 2. The summed E-state index contributed by atoms with van der Waals surface area (Å²) in [5, 5.41) is 26.2. The van der Waals surface area contributed by atoms with Gasteiger partial charge in [-0.3, -0.25) is 14.6 Å². The molecule has 3 heterocycles. The number of hydrogen-bond acceptors (Lipinski definition) is 7. The lowest BCUT2D eigenvalue weighted by Gasteiger charge is -2.26. The first-order chi connectivity index (χ1) is 19.2. The van der Waals surface area contributed by atoms with Crippen molar-refractivity contribution in [1.29, 1.82) is 5.26 Å². The van der Waals surface area contributed by atoms with E-state index in [1.54, 1.807) is 24.4 Å². The van der Waals surface area contributed by atoms with Crippen molar-refractivity contribution in [3.8, 4) is 22.9 Å². The van der Waals surface area contributed by atoms with Crippen LogP contribution in [0, 0.1) is 28.4 Å². The van der Waals surface area contributed by atoms with Crippen LogP contribution in [-0.2, 0) is 0 Å². The Morgan fingerprint density at radius 3 is 2.65 bits per heavy atom. The van der Waals surface area contributed by atoms with Crippen molar-refractivity contribution >= 4 is 17.3 Å². The second-order valence-electron chi connectivity index (χ2n) is 9.90. The van der Waals surface area contributed by atoms with Crippen LogP contribution in [0.3, 0.4) is 0 Å². The number of aromatic nitrogens is 3. The zero-order valence-corrected chi connectivity index (χ0v) is 21.4. The maximum atomic E-state index is 14.4. The van der Waals surface area contributed by atoms with E-state index in [1.165, 1.54) is 12.3 Å². The monoisotopic (exact) mass is 542 g/mol. The Labute approximate surface area is 228 Å². The van der Waals surface area contributed by atoms with E-state index in [2.05, 4.69) is 21.5 Å². The van der Waals surface area contributed by atoms with Gasteiger partial charge in [0.25, 0.3) is 11.5 Å². The third-order valence-electron chi connectivity index (χ3n) is 6.96. The number of nitrogens with one attached hydrogen (secondary N) is 1. The number of pyridine rings is 1. The number of amides is 1. The Hall–Kier alpha value is -4.95. The maximum absolute atomic E-state index is 14.4. The molecule has 0 spiro atoms. The number of rotatable bonds is 6. The average molecular weight is 543 g/mol. The van der Waals surface area contributed by atoms with Gasteiger partial charge in [-0.15, -0.1) is 0 Å². The highest BCUT2D eigenvalue weighted by molar-refractivity contribution is 6.05. The van der Waals surface area contributed by atoms with Crippen LogP contribution in [-0.4, -0.2) is 45.5 Å². The number of halogens is 2. The molecule has 40 heavy (non-hydrogen) atoms. The van der Waals surface area contributed by atoms with Crippen molar-refractivity contribution in [3.05, 3.63) is 100 Å². The molecule has 0 radical (unpaired) electrons. The van der Waals surface area contributed by atoms with E-state index in [-0.39, 0.29) is 17.7 Å². The number of aliphatic hydroxyl groups excluding tert-OH is 1. The molecule has 1 aliphatic heterocycles. The van der Waals surface area contributed by atoms with Gasteiger partial charge in [-0.2, -0.15) is 15.0 Å². The molecule has 0 aliphatic carbocycles. The first-order valence-corrected chi connectivity index (χ1v) is 12.4. The minimum atomic E-state index is -1.00. The predicted octanol–water partition coefficient (Wildman–Crippen LogP) is 3.91. The topological polar surface area (TPSA) is 124 Å². The predicted molar refractivity (Wildman–Crippen MR) is 144 cm³/mol. The zero-order chi connectivity index (χ0) is 28.4. The molecule has 0 bridgehead atoms. The fourth-order valence-corrected chi connectivity index (χ4v) is 4.72. The van der Waals surface area contributed by atoms with Gasteiger partial charge in [0.05, 0.1) is 29.6 Å². The van der Waals surface area contributed by atoms with Crippen LogP contribution in [0.25, 0.3) is 16.8 Å². The van der Waals surface area contributed by atoms with Gasteiger partial charge in [0, 0.05) is 42.5 Å². The molecule has 1 saturated heterocycles. The van der Waals surface area contributed by atoms with Gasteiger partial charge in [-0.25, -0.2) is 8.78 Å². The Bertz CT molecular complexity index is 1700. The molecule has 9 nitrogen and oxygen atoms in total. The molecule has 5 rings (SSSR count). The van der Waals surface area contributed by atoms with E-state index >= 15 is 0 Å². The summed E-state index contributed by atoms with van der Waals surface area (Å²) in [4.78, 5) is 31.8. The lowest BCUT2D eigenvalue weighted by molar-refractivity contribution is 0.102. The molecule has 1 unspecified atom stereocenters. The van der Waals surface area contributed by atoms with Crippen LogP contribution in [0.5, 0.6) is 0 Å². The lowest BCUT2D eigenvalue weighted by atomic mass is 9.91. The van der Waals surface area contributed by atoms with Gasteiger partial charge in [0.15, 0.2) is 11.6 Å². The fraction of sp³-hybridized carbons (Fsp3) is 0.207. The fourth-order valence-electron chi connectivity index (χ4n) is 4.72. The van der Waals surface area contributed by atoms with E-state index in [0.29, 0.717) is 45.8 Å². The quantitative estimate of drug-likeness (QED) is 0.379. The summed E-state index contributed by atoms with van der Waals surface area (Å²) in [6, 6.07) is 14.3. The summed E-state index contributed by atoms with van der Waals surface area (Å²) in [7, 11) is 0. The Morgan fingerprint density at radius 1 is 1.18 bits per heavy atom. The van der Waals surface area contributed by atoms with Crippen LogP contribution >= 0.6 is 0 Å². The standard InChI is InChI=1S/C29H24F2N6O3/c1-29(17-38)10-12-36(16-29)25-13-18(20-15-33-11-9-19(20)14-32)5-6-23(25)34-28(40)24-7-8-26(39)37(35-24)27-21(30)3-2-4-22(27)31/h2-9,11,13,15,38H,10,12,16-17H2,1H3,(H,34,40). The van der Waals surface area contributed by atoms with Crippen molar-refractivity contribution in [2.24, 2.45) is 5.41 Å². The van der Waals surface area contributed by atoms with E-state index < -0.39 is 28.8 Å². The van der Waals surface area contributed by atoms with Crippen LogP contribution in [0.15, 0.2) is 71.8 Å². The third-order valence-corrected chi connectivity index (χ3v) is 6.96. The molecule has 2 aromatic carbocycles. The molecule has 4 aromatic rings. The summed E-state index contributed by atoms with van der Waals surface area (Å²) < 4.78 is 29.2. The lowest BCUT2D eigenvalue weighted by Crippen LogP contribution is -2.29. The molecule has 2 N–H and O–H groups in total. The number of para-hydroxylation sites is 1. The minimum Gasteiger partial charge on any atom is -0.396 e. The number of nitrogens with zero attached hydrogens (tertiary/aromatic N) is 5. The molecular weight excluding hydrogens is 518 g/mol. The van der Waals surface area contributed by atoms with E-state index in [9.17, 15) is 28.7 Å². The first kappa shape index (κ1) is 26.6. The third kappa shape index (κ3) is 5.04. The summed E-state index contributed by atoms with van der Waals surface area (Å²) in [5.74, 6) is -2.71. The van der Waals surface area contributed by atoms with E-state index in [0.717, 1.165) is 30.7 Å². The van der Waals surface area contributed by atoms with Crippen LogP contribution in [0.2, 0.25) is 0 Å². The first-order valence-electron chi connectivity index (χ1n) is 12.4. The van der Waals surface area contributed by atoms with E-state index in [1.807, 2.05) is 17.9 Å². The van der Waals surface area contributed by atoms with Gasteiger partial charge in [0.2, 0.25) is 0 Å². The van der Waals surface area contributed by atoms with Gasteiger partial charge in [-0.1, -0.05) is 19.1 Å². The number of aliphatic hydroxyl groups is 1. The highest BCUT2D eigenvalue weighted by Gasteiger charge is 2.34. The number of carbonyl (C=O) groups excluding carboxylic acids is 1. The second-order valence-corrected chi connectivity index (χ2v) is 9.90. The smallest absolute Gasteiger partial charge is 0.276 e. The highest BCUT2D eigenvalue weighted by atomic mass is 19.1. The summed E-state index contributed by atoms with van der Waals surface area (Å²) >= 11 is 0. The van der Waals surface area contributed by atoms with Crippen molar-refractivity contribution < 1.29 is 18.7 Å². The number of hydrogen-bond donors (Lipinski definition) is 2. The van der Waals surface area contributed by atoms with Crippen molar-refractivity contribution in [2.75, 3.05) is 29.9 Å². The SMILES string of the molecule is CC1(CO)CCN(c2cc(-c3cnccc3C#N)ccc2NC(=O)c2ccc(=O)n(-c3c(F)cccc3F)n2)C1. The van der Waals surface area contributed by atoms with Crippen molar-refractivity contribution in [1.82, 2.24) is 14.8 Å². The molecule has 1 fully saturated rings. The Morgan fingerprint density at radius 2 is 1.95 bits per heavy atom.